The second-order valence-corrected chi connectivity index (χ2v) is 5.51. The maximum Gasteiger partial charge on any atom is 0.274 e. The van der Waals surface area contributed by atoms with Crippen molar-refractivity contribution in [1.29, 1.82) is 0 Å². The van der Waals surface area contributed by atoms with Gasteiger partial charge in [-0.25, -0.2) is 0 Å². The minimum absolute atomic E-state index is 0.108. The highest BCUT2D eigenvalue weighted by atomic mass is 16.5. The number of aromatic amines is 1. The third-order valence-corrected chi connectivity index (χ3v) is 4.33. The van der Waals surface area contributed by atoms with Gasteiger partial charge in [0.1, 0.15) is 0 Å². The summed E-state index contributed by atoms with van der Waals surface area (Å²) in [6.07, 6.45) is 3.59. The molecule has 1 saturated heterocycles. The van der Waals surface area contributed by atoms with E-state index in [1.807, 2.05) is 0 Å². The highest BCUT2D eigenvalue weighted by molar-refractivity contribution is 5.97. The third-order valence-electron chi connectivity index (χ3n) is 4.33. The number of ether oxygens (including phenoxy) is 1. The molecule has 1 aromatic heterocycles. The van der Waals surface area contributed by atoms with Crippen molar-refractivity contribution >= 4 is 11.6 Å². The molecular formula is C14H24N4O2. The molecule has 6 nitrogen and oxygen atoms in total. The topological polar surface area (TPSA) is 93.0 Å². The minimum atomic E-state index is -0.208. The zero-order chi connectivity index (χ0) is 14.8. The second kappa shape index (κ2) is 5.83. The lowest BCUT2D eigenvalue weighted by Crippen LogP contribution is -2.48. The van der Waals surface area contributed by atoms with Crippen LogP contribution in [0.4, 0.5) is 5.69 Å². The van der Waals surface area contributed by atoms with Crippen LogP contribution >= 0.6 is 0 Å². The Kier molecular flexibility index (Phi) is 4.32. The van der Waals surface area contributed by atoms with Crippen molar-refractivity contribution in [3.05, 3.63) is 11.4 Å². The summed E-state index contributed by atoms with van der Waals surface area (Å²) in [5, 5.41) is 9.73. The first-order chi connectivity index (χ1) is 9.51. The van der Waals surface area contributed by atoms with E-state index in [1.165, 1.54) is 0 Å². The molecule has 0 aromatic carbocycles. The molecule has 1 fully saturated rings. The first-order valence-electron chi connectivity index (χ1n) is 7.26. The molecule has 1 aliphatic rings. The Hall–Kier alpha value is -1.56. The number of nitrogens with zero attached hydrogens (tertiary/aromatic N) is 1. The Balaban J connectivity index is 2.03. The van der Waals surface area contributed by atoms with Gasteiger partial charge in [-0.3, -0.25) is 9.89 Å². The molecule has 1 aromatic rings. The van der Waals surface area contributed by atoms with E-state index < -0.39 is 0 Å². The molecule has 112 valence electrons. The predicted molar refractivity (Wildman–Crippen MR) is 77.5 cm³/mol. The van der Waals surface area contributed by atoms with E-state index >= 15 is 0 Å². The lowest BCUT2D eigenvalue weighted by molar-refractivity contribution is -0.0917. The monoisotopic (exact) mass is 280 g/mol. The maximum absolute atomic E-state index is 12.2. The molecule has 4 N–H and O–H groups in total. The third kappa shape index (κ3) is 2.80. The number of carbonyl (C=O) groups is 1. The summed E-state index contributed by atoms with van der Waals surface area (Å²) >= 11 is 0. The number of anilines is 1. The number of hydrogen-bond acceptors (Lipinski definition) is 4. The number of aryl methyl sites for hydroxylation is 1. The fraction of sp³-hybridized carbons (Fsp3) is 0.714. The van der Waals surface area contributed by atoms with Gasteiger partial charge in [0.15, 0.2) is 5.69 Å². The van der Waals surface area contributed by atoms with Crippen molar-refractivity contribution in [2.24, 2.45) is 0 Å². The van der Waals surface area contributed by atoms with Crippen molar-refractivity contribution in [3.63, 3.8) is 0 Å². The molecule has 1 amide bonds. The van der Waals surface area contributed by atoms with E-state index in [-0.39, 0.29) is 23.2 Å². The molecular weight excluding hydrogens is 256 g/mol. The molecule has 0 saturated carbocycles. The van der Waals surface area contributed by atoms with Gasteiger partial charge in [-0.1, -0.05) is 13.8 Å². The summed E-state index contributed by atoms with van der Waals surface area (Å²) in [6.45, 7) is 6.74. The largest absolute Gasteiger partial charge is 0.395 e. The van der Waals surface area contributed by atoms with E-state index in [2.05, 4.69) is 29.4 Å². The van der Waals surface area contributed by atoms with Crippen LogP contribution in [0.1, 0.15) is 55.7 Å². The molecule has 1 aliphatic heterocycles. The zero-order valence-electron chi connectivity index (χ0n) is 12.5. The molecule has 0 aliphatic carbocycles. The SMILES string of the molecule is CCC1(CC)CC(NC(=O)c2n[nH]c(C)c2N)CCO1. The fourth-order valence-corrected chi connectivity index (χ4v) is 2.76. The Morgan fingerprint density at radius 2 is 2.25 bits per heavy atom. The molecule has 0 bridgehead atoms. The van der Waals surface area contributed by atoms with Crippen molar-refractivity contribution < 1.29 is 9.53 Å². The fourth-order valence-electron chi connectivity index (χ4n) is 2.76. The number of rotatable bonds is 4. The molecule has 2 heterocycles. The first kappa shape index (κ1) is 14.8. The lowest BCUT2D eigenvalue weighted by atomic mass is 9.86. The van der Waals surface area contributed by atoms with Gasteiger partial charge in [0.05, 0.1) is 17.0 Å². The average Bonchev–Trinajstić information content (AvgIpc) is 2.79. The van der Waals surface area contributed by atoms with Crippen molar-refractivity contribution in [2.45, 2.75) is 58.1 Å². The van der Waals surface area contributed by atoms with Gasteiger partial charge in [0, 0.05) is 12.6 Å². The van der Waals surface area contributed by atoms with Crippen LogP contribution in [0.25, 0.3) is 0 Å². The van der Waals surface area contributed by atoms with Crippen molar-refractivity contribution in [2.75, 3.05) is 12.3 Å². The van der Waals surface area contributed by atoms with Crippen LogP contribution in [-0.2, 0) is 4.74 Å². The number of carbonyl (C=O) groups excluding carboxylic acids is 1. The molecule has 1 unspecified atom stereocenters. The van der Waals surface area contributed by atoms with E-state index in [0.29, 0.717) is 12.3 Å². The van der Waals surface area contributed by atoms with Gasteiger partial charge in [-0.05, 0) is 32.6 Å². The zero-order valence-corrected chi connectivity index (χ0v) is 12.5. The van der Waals surface area contributed by atoms with Gasteiger partial charge < -0.3 is 15.8 Å². The maximum atomic E-state index is 12.2. The summed E-state index contributed by atoms with van der Waals surface area (Å²) < 4.78 is 5.91. The molecule has 1 atom stereocenters. The number of nitrogens with one attached hydrogen (secondary N) is 2. The summed E-state index contributed by atoms with van der Waals surface area (Å²) in [5.74, 6) is -0.208. The summed E-state index contributed by atoms with van der Waals surface area (Å²) in [6, 6.07) is 0.118. The number of aromatic nitrogens is 2. The summed E-state index contributed by atoms with van der Waals surface area (Å²) in [5.41, 5.74) is 7.16. The first-order valence-corrected chi connectivity index (χ1v) is 7.26. The van der Waals surface area contributed by atoms with Crippen LogP contribution < -0.4 is 11.1 Å². The van der Waals surface area contributed by atoms with Crippen LogP contribution in [0.3, 0.4) is 0 Å². The minimum Gasteiger partial charge on any atom is -0.395 e. The van der Waals surface area contributed by atoms with Crippen LogP contribution in [0.5, 0.6) is 0 Å². The number of H-pyrrole nitrogens is 1. The van der Waals surface area contributed by atoms with Gasteiger partial charge in [0.25, 0.3) is 5.91 Å². The average molecular weight is 280 g/mol. The Morgan fingerprint density at radius 1 is 1.55 bits per heavy atom. The summed E-state index contributed by atoms with van der Waals surface area (Å²) in [4.78, 5) is 12.2. The standard InChI is InChI=1S/C14H24N4O2/c1-4-14(5-2)8-10(6-7-20-14)16-13(19)12-11(15)9(3)17-18-12/h10H,4-8,15H2,1-3H3,(H,16,19)(H,17,18). The van der Waals surface area contributed by atoms with Crippen LogP contribution in [0, 0.1) is 6.92 Å². The number of nitrogens with two attached hydrogens (primary N) is 1. The number of hydrogen-bond donors (Lipinski definition) is 3. The number of amides is 1. The Labute approximate surface area is 119 Å². The van der Waals surface area contributed by atoms with Crippen LogP contribution in [-0.4, -0.2) is 34.4 Å². The van der Waals surface area contributed by atoms with E-state index in [0.717, 1.165) is 31.4 Å². The molecule has 6 heteroatoms. The van der Waals surface area contributed by atoms with Crippen molar-refractivity contribution in [1.82, 2.24) is 15.5 Å². The van der Waals surface area contributed by atoms with Crippen LogP contribution in [0.15, 0.2) is 0 Å². The van der Waals surface area contributed by atoms with Gasteiger partial charge >= 0.3 is 0 Å². The lowest BCUT2D eigenvalue weighted by Gasteiger charge is -2.40. The van der Waals surface area contributed by atoms with Crippen molar-refractivity contribution in [3.8, 4) is 0 Å². The number of nitrogen functional groups attached to an aromatic ring is 1. The quantitative estimate of drug-likeness (QED) is 0.783. The van der Waals surface area contributed by atoms with Crippen LogP contribution in [0.2, 0.25) is 0 Å². The molecule has 0 radical (unpaired) electrons. The predicted octanol–water partition coefficient (Wildman–Crippen LogP) is 1.77. The highest BCUT2D eigenvalue weighted by Crippen LogP contribution is 2.31. The van der Waals surface area contributed by atoms with E-state index in [9.17, 15) is 4.79 Å². The van der Waals surface area contributed by atoms with Gasteiger partial charge in [-0.2, -0.15) is 5.10 Å². The molecule has 0 spiro atoms. The highest BCUT2D eigenvalue weighted by Gasteiger charge is 2.35. The van der Waals surface area contributed by atoms with E-state index in [1.54, 1.807) is 6.92 Å². The Morgan fingerprint density at radius 3 is 2.80 bits per heavy atom. The molecule has 20 heavy (non-hydrogen) atoms. The normalized spacial score (nSPS) is 21.6. The second-order valence-electron chi connectivity index (χ2n) is 5.51. The van der Waals surface area contributed by atoms with Gasteiger partial charge in [0.2, 0.25) is 0 Å². The molecule has 2 rings (SSSR count). The van der Waals surface area contributed by atoms with Gasteiger partial charge in [-0.15, -0.1) is 0 Å². The Bertz CT molecular complexity index is 480. The summed E-state index contributed by atoms with van der Waals surface area (Å²) in [7, 11) is 0. The van der Waals surface area contributed by atoms with E-state index in [4.69, 9.17) is 10.5 Å². The smallest absolute Gasteiger partial charge is 0.274 e.